The molecule has 162 valence electrons. The average molecular weight is 434 g/mol. The fraction of sp³-hybridized carbons (Fsp3) is 0.429. The molecule has 3 atom stereocenters. The first-order chi connectivity index (χ1) is 14.4. The summed E-state index contributed by atoms with van der Waals surface area (Å²) in [6, 6.07) is 11.4. The fourth-order valence-corrected chi connectivity index (χ4v) is 4.45. The van der Waals surface area contributed by atoms with Crippen LogP contribution in [0.4, 0.5) is 0 Å². The van der Waals surface area contributed by atoms with Crippen molar-refractivity contribution in [2.24, 2.45) is 0 Å². The van der Waals surface area contributed by atoms with Crippen LogP contribution in [-0.2, 0) is 14.8 Å². The molecule has 1 saturated heterocycles. The number of amides is 1. The van der Waals surface area contributed by atoms with Crippen molar-refractivity contribution in [2.75, 3.05) is 13.2 Å². The lowest BCUT2D eigenvalue weighted by Gasteiger charge is -2.36. The largest absolute Gasteiger partial charge is 0.394 e. The molecule has 0 unspecified atom stereocenters. The van der Waals surface area contributed by atoms with Crippen molar-refractivity contribution in [3.05, 3.63) is 59.9 Å². The van der Waals surface area contributed by atoms with Crippen LogP contribution < -0.4 is 10.0 Å². The van der Waals surface area contributed by atoms with Crippen LogP contribution in [-0.4, -0.2) is 55.8 Å². The van der Waals surface area contributed by atoms with E-state index in [1.807, 2.05) is 6.92 Å². The molecule has 1 amide bonds. The van der Waals surface area contributed by atoms with E-state index in [9.17, 15) is 18.3 Å². The molecule has 9 heteroatoms. The van der Waals surface area contributed by atoms with E-state index < -0.39 is 16.1 Å². The van der Waals surface area contributed by atoms with E-state index in [-0.39, 0.29) is 36.1 Å². The maximum Gasteiger partial charge on any atom is 0.270 e. The van der Waals surface area contributed by atoms with Crippen molar-refractivity contribution in [3.8, 4) is 0 Å². The van der Waals surface area contributed by atoms with Crippen molar-refractivity contribution in [1.82, 2.24) is 15.0 Å². The molecular weight excluding hydrogens is 406 g/mol. The Balaban J connectivity index is 1.49. The lowest BCUT2D eigenvalue weighted by Crippen LogP contribution is -2.51. The predicted molar refractivity (Wildman–Crippen MR) is 111 cm³/mol. The molecule has 30 heavy (non-hydrogen) atoms. The van der Waals surface area contributed by atoms with Crippen LogP contribution >= 0.6 is 0 Å². The Hall–Kier alpha value is -2.33. The van der Waals surface area contributed by atoms with Gasteiger partial charge in [-0.3, -0.25) is 9.78 Å². The summed E-state index contributed by atoms with van der Waals surface area (Å²) in [6.07, 6.45) is 2.54. The van der Waals surface area contributed by atoms with Crippen molar-refractivity contribution in [2.45, 2.75) is 49.3 Å². The highest BCUT2D eigenvalue weighted by atomic mass is 32.2. The summed E-state index contributed by atoms with van der Waals surface area (Å²) in [4.78, 5) is 16.6. The van der Waals surface area contributed by atoms with E-state index in [2.05, 4.69) is 15.0 Å². The van der Waals surface area contributed by atoms with Crippen LogP contribution in [0.25, 0.3) is 0 Å². The molecule has 3 N–H and O–H groups in total. The number of carbonyl (C=O) groups excluding carboxylic acids is 1. The third-order valence-electron chi connectivity index (χ3n) is 5.10. The number of carbonyl (C=O) groups is 1. The molecule has 1 aliphatic rings. The second-order valence-electron chi connectivity index (χ2n) is 7.35. The molecule has 1 aromatic carbocycles. The minimum Gasteiger partial charge on any atom is -0.394 e. The number of aromatic nitrogens is 1. The zero-order valence-electron chi connectivity index (χ0n) is 16.8. The van der Waals surface area contributed by atoms with E-state index in [1.165, 1.54) is 0 Å². The molecule has 8 nitrogen and oxygen atoms in total. The number of hydrogen-bond acceptors (Lipinski definition) is 6. The van der Waals surface area contributed by atoms with E-state index in [0.29, 0.717) is 25.0 Å². The minimum absolute atomic E-state index is 0.203. The fourth-order valence-electron chi connectivity index (χ4n) is 3.40. The molecule has 1 fully saturated rings. The smallest absolute Gasteiger partial charge is 0.270 e. The van der Waals surface area contributed by atoms with Crippen molar-refractivity contribution in [3.63, 3.8) is 0 Å². The van der Waals surface area contributed by atoms with E-state index in [4.69, 9.17) is 4.74 Å². The second kappa shape index (κ2) is 10.1. The number of pyridine rings is 1. The Morgan fingerprint density at radius 3 is 2.63 bits per heavy atom. The van der Waals surface area contributed by atoms with Gasteiger partial charge in [0.1, 0.15) is 11.8 Å². The summed E-state index contributed by atoms with van der Waals surface area (Å²) in [5.74, 6) is -0.313. The first-order valence-corrected chi connectivity index (χ1v) is 11.4. The van der Waals surface area contributed by atoms with Gasteiger partial charge >= 0.3 is 0 Å². The standard InChI is InChI=1S/C21H27N3O5S/c1-15-5-8-17(9-6-15)30(27,28)23-13-11-16-7-10-18(20(14-25)29-16)24-21(26)19-4-2-3-12-22-19/h2-6,8-9,12,16,18,20,23,25H,7,10-11,13-14H2,1H3,(H,24,26)/t16-,18+,20-/m1/s1. The molecular formula is C21H27N3O5S. The normalized spacial score (nSPS) is 21.9. The summed E-state index contributed by atoms with van der Waals surface area (Å²) in [5.41, 5.74) is 1.30. The number of ether oxygens (including phenoxy) is 1. The number of hydrogen-bond donors (Lipinski definition) is 3. The van der Waals surface area contributed by atoms with Gasteiger partial charge in [0.15, 0.2) is 0 Å². The zero-order valence-corrected chi connectivity index (χ0v) is 17.6. The maximum atomic E-state index is 12.4. The predicted octanol–water partition coefficient (Wildman–Crippen LogP) is 1.40. The monoisotopic (exact) mass is 433 g/mol. The Morgan fingerprint density at radius 1 is 1.20 bits per heavy atom. The van der Waals surface area contributed by atoms with Gasteiger partial charge in [-0.2, -0.15) is 0 Å². The van der Waals surface area contributed by atoms with Crippen molar-refractivity contribution >= 4 is 15.9 Å². The lowest BCUT2D eigenvalue weighted by atomic mass is 9.97. The van der Waals surface area contributed by atoms with Gasteiger partial charge in [0.05, 0.1) is 23.6 Å². The topological polar surface area (TPSA) is 118 Å². The molecule has 1 aliphatic heterocycles. The van der Waals surface area contributed by atoms with Crippen LogP contribution in [0.1, 0.15) is 35.3 Å². The Kier molecular flexibility index (Phi) is 7.54. The molecule has 2 aromatic rings. The number of benzene rings is 1. The highest BCUT2D eigenvalue weighted by molar-refractivity contribution is 7.89. The first-order valence-electron chi connectivity index (χ1n) is 9.93. The van der Waals surface area contributed by atoms with E-state index in [0.717, 1.165) is 5.56 Å². The molecule has 2 heterocycles. The first kappa shape index (κ1) is 22.4. The van der Waals surface area contributed by atoms with Gasteiger partial charge in [-0.15, -0.1) is 0 Å². The summed E-state index contributed by atoms with van der Waals surface area (Å²) >= 11 is 0. The van der Waals surface area contributed by atoms with Crippen LogP contribution in [0.5, 0.6) is 0 Å². The summed E-state index contributed by atoms with van der Waals surface area (Å²) in [6.45, 7) is 1.89. The molecule has 0 spiro atoms. The number of nitrogens with zero attached hydrogens (tertiary/aromatic N) is 1. The van der Waals surface area contributed by atoms with Gasteiger partial charge in [-0.25, -0.2) is 13.1 Å². The molecule has 1 aromatic heterocycles. The third kappa shape index (κ3) is 5.85. The van der Waals surface area contributed by atoms with Gasteiger partial charge < -0.3 is 15.2 Å². The van der Waals surface area contributed by atoms with Crippen LogP contribution in [0.15, 0.2) is 53.6 Å². The van der Waals surface area contributed by atoms with Crippen molar-refractivity contribution < 1.29 is 23.1 Å². The second-order valence-corrected chi connectivity index (χ2v) is 9.12. The average Bonchev–Trinajstić information content (AvgIpc) is 2.75. The molecule has 0 aliphatic carbocycles. The minimum atomic E-state index is -3.57. The Morgan fingerprint density at radius 2 is 1.97 bits per heavy atom. The van der Waals surface area contributed by atoms with E-state index >= 15 is 0 Å². The molecule has 3 rings (SSSR count). The molecule has 0 saturated carbocycles. The lowest BCUT2D eigenvalue weighted by molar-refractivity contribution is -0.0891. The Labute approximate surface area is 176 Å². The summed E-state index contributed by atoms with van der Waals surface area (Å²) < 4.78 is 33.2. The van der Waals surface area contributed by atoms with Gasteiger partial charge in [-0.05, 0) is 50.5 Å². The highest BCUT2D eigenvalue weighted by Crippen LogP contribution is 2.22. The number of aryl methyl sites for hydroxylation is 1. The van der Waals surface area contributed by atoms with Gasteiger partial charge in [0.25, 0.3) is 5.91 Å². The molecule has 0 bridgehead atoms. The van der Waals surface area contributed by atoms with Crippen LogP contribution in [0.2, 0.25) is 0 Å². The highest BCUT2D eigenvalue weighted by Gasteiger charge is 2.32. The van der Waals surface area contributed by atoms with Crippen LogP contribution in [0.3, 0.4) is 0 Å². The maximum absolute atomic E-state index is 12.4. The number of aliphatic hydroxyl groups is 1. The third-order valence-corrected chi connectivity index (χ3v) is 6.58. The van der Waals surface area contributed by atoms with Gasteiger partial charge in [-0.1, -0.05) is 23.8 Å². The summed E-state index contributed by atoms with van der Waals surface area (Å²) in [7, 11) is -3.57. The molecule has 0 radical (unpaired) electrons. The quantitative estimate of drug-likeness (QED) is 0.579. The SMILES string of the molecule is Cc1ccc(S(=O)(=O)NCC[C@H]2CC[C@H](NC(=O)c3ccccn3)[C@@H](CO)O2)cc1. The summed E-state index contributed by atoms with van der Waals surface area (Å²) in [5, 5.41) is 12.6. The number of nitrogens with one attached hydrogen (secondary N) is 2. The van der Waals surface area contributed by atoms with E-state index in [1.54, 1.807) is 48.7 Å². The van der Waals surface area contributed by atoms with Gasteiger partial charge in [0, 0.05) is 12.7 Å². The number of sulfonamides is 1. The Bertz CT molecular complexity index is 935. The number of rotatable bonds is 8. The van der Waals surface area contributed by atoms with Gasteiger partial charge in [0.2, 0.25) is 10.0 Å². The zero-order chi connectivity index (χ0) is 21.6. The number of aliphatic hydroxyl groups excluding tert-OH is 1. The van der Waals surface area contributed by atoms with Crippen molar-refractivity contribution in [1.29, 1.82) is 0 Å². The van der Waals surface area contributed by atoms with Crippen LogP contribution in [0, 0.1) is 6.92 Å².